The molecule has 2 aromatic carbocycles. The molecule has 0 saturated heterocycles. The molecular formula is C24H21Cl2N3O2S. The molecular weight excluding hydrogens is 465 g/mol. The summed E-state index contributed by atoms with van der Waals surface area (Å²) in [6.45, 7) is 5.95. The van der Waals surface area contributed by atoms with Crippen LogP contribution < -0.4 is 10.9 Å². The summed E-state index contributed by atoms with van der Waals surface area (Å²) in [5.74, 6) is -0.345. The van der Waals surface area contributed by atoms with E-state index in [9.17, 15) is 9.59 Å². The van der Waals surface area contributed by atoms with Crippen LogP contribution in [0.3, 0.4) is 0 Å². The Balaban J connectivity index is 1.76. The summed E-state index contributed by atoms with van der Waals surface area (Å²) < 4.78 is 1.40. The van der Waals surface area contributed by atoms with Crippen LogP contribution in [0.1, 0.15) is 30.5 Å². The van der Waals surface area contributed by atoms with E-state index >= 15 is 0 Å². The Hall–Kier alpha value is -2.67. The van der Waals surface area contributed by atoms with E-state index in [1.807, 2.05) is 31.4 Å². The average molecular weight is 486 g/mol. The molecule has 164 valence electrons. The van der Waals surface area contributed by atoms with Crippen molar-refractivity contribution in [3.05, 3.63) is 79.6 Å². The van der Waals surface area contributed by atoms with Gasteiger partial charge in [0.2, 0.25) is 5.91 Å². The summed E-state index contributed by atoms with van der Waals surface area (Å²) in [4.78, 5) is 31.7. The lowest BCUT2D eigenvalue weighted by Crippen LogP contribution is -2.33. The minimum Gasteiger partial charge on any atom is -0.323 e. The largest absolute Gasteiger partial charge is 0.323 e. The fraction of sp³-hybridized carbons (Fsp3) is 0.208. The molecule has 0 bridgehead atoms. The second-order valence-corrected chi connectivity index (χ2v) is 9.32. The van der Waals surface area contributed by atoms with Crippen molar-refractivity contribution >= 4 is 56.3 Å². The molecule has 1 atom stereocenters. The Bertz CT molecular complexity index is 1390. The minimum atomic E-state index is -0.737. The summed E-state index contributed by atoms with van der Waals surface area (Å²) >= 11 is 13.6. The zero-order chi connectivity index (χ0) is 23.0. The topological polar surface area (TPSA) is 64.0 Å². The SMILES string of the molecule is CCC(C(=O)Nc1ccc(Cl)cc1Cl)n1cnc2scc(-c3ccc(C)c(C)c3)c2c1=O. The van der Waals surface area contributed by atoms with Gasteiger partial charge in [0, 0.05) is 16.0 Å². The number of thiophene rings is 1. The minimum absolute atomic E-state index is 0.242. The Kier molecular flexibility index (Phi) is 6.38. The van der Waals surface area contributed by atoms with Crippen LogP contribution in [0, 0.1) is 13.8 Å². The molecule has 2 heterocycles. The van der Waals surface area contributed by atoms with Gasteiger partial charge in [-0.3, -0.25) is 14.2 Å². The first-order valence-corrected chi connectivity index (χ1v) is 11.8. The van der Waals surface area contributed by atoms with Crippen molar-refractivity contribution in [3.63, 3.8) is 0 Å². The zero-order valence-electron chi connectivity index (χ0n) is 17.8. The summed E-state index contributed by atoms with van der Waals surface area (Å²) in [7, 11) is 0. The summed E-state index contributed by atoms with van der Waals surface area (Å²) in [6, 6.07) is 10.2. The number of fused-ring (bicyclic) bond motifs is 1. The predicted molar refractivity (Wildman–Crippen MR) is 133 cm³/mol. The Morgan fingerprint density at radius 2 is 1.94 bits per heavy atom. The first kappa shape index (κ1) is 22.5. The van der Waals surface area contributed by atoms with Gasteiger partial charge >= 0.3 is 0 Å². The average Bonchev–Trinajstić information content (AvgIpc) is 3.19. The number of rotatable bonds is 5. The van der Waals surface area contributed by atoms with Gasteiger partial charge in [-0.15, -0.1) is 11.3 Å². The van der Waals surface area contributed by atoms with Crippen LogP contribution in [0.2, 0.25) is 10.0 Å². The van der Waals surface area contributed by atoms with Crippen molar-refractivity contribution in [2.24, 2.45) is 0 Å². The van der Waals surface area contributed by atoms with Crippen molar-refractivity contribution in [2.45, 2.75) is 33.2 Å². The molecule has 4 rings (SSSR count). The Morgan fingerprint density at radius 1 is 1.16 bits per heavy atom. The number of hydrogen-bond acceptors (Lipinski definition) is 4. The van der Waals surface area contributed by atoms with Gasteiger partial charge in [-0.2, -0.15) is 0 Å². The van der Waals surface area contributed by atoms with Crippen molar-refractivity contribution in [1.29, 1.82) is 0 Å². The van der Waals surface area contributed by atoms with Crippen molar-refractivity contribution in [1.82, 2.24) is 9.55 Å². The van der Waals surface area contributed by atoms with E-state index in [2.05, 4.69) is 23.3 Å². The van der Waals surface area contributed by atoms with Crippen molar-refractivity contribution in [2.75, 3.05) is 5.32 Å². The van der Waals surface area contributed by atoms with Crippen LogP contribution in [0.15, 0.2) is 52.9 Å². The molecule has 4 aromatic rings. The summed E-state index contributed by atoms with van der Waals surface area (Å²) in [5, 5.41) is 6.08. The maximum atomic E-state index is 13.5. The molecule has 0 aliphatic heterocycles. The van der Waals surface area contributed by atoms with E-state index in [-0.39, 0.29) is 11.5 Å². The van der Waals surface area contributed by atoms with Gasteiger partial charge in [-0.05, 0) is 55.2 Å². The monoisotopic (exact) mass is 485 g/mol. The number of amides is 1. The molecule has 8 heteroatoms. The van der Waals surface area contributed by atoms with Crippen LogP contribution in [0.5, 0.6) is 0 Å². The summed E-state index contributed by atoms with van der Waals surface area (Å²) in [5.41, 5.74) is 4.32. The highest BCUT2D eigenvalue weighted by atomic mass is 35.5. The molecule has 0 radical (unpaired) electrons. The van der Waals surface area contributed by atoms with E-state index in [4.69, 9.17) is 23.2 Å². The molecule has 2 aromatic heterocycles. The number of carbonyl (C=O) groups excluding carboxylic acids is 1. The van der Waals surface area contributed by atoms with Crippen LogP contribution in [-0.2, 0) is 4.79 Å². The fourth-order valence-electron chi connectivity index (χ4n) is 3.60. The third kappa shape index (κ3) is 4.18. The quantitative estimate of drug-likeness (QED) is 0.344. The van der Waals surface area contributed by atoms with Gasteiger partial charge in [0.05, 0.1) is 22.4 Å². The molecule has 32 heavy (non-hydrogen) atoms. The fourth-order valence-corrected chi connectivity index (χ4v) is 4.97. The van der Waals surface area contributed by atoms with E-state index < -0.39 is 6.04 Å². The highest BCUT2D eigenvalue weighted by molar-refractivity contribution is 7.17. The number of anilines is 1. The number of carbonyl (C=O) groups is 1. The number of nitrogens with one attached hydrogen (secondary N) is 1. The predicted octanol–water partition coefficient (Wildman–Crippen LogP) is 6.64. The molecule has 1 amide bonds. The lowest BCUT2D eigenvalue weighted by atomic mass is 10.0. The number of aryl methyl sites for hydroxylation is 2. The molecule has 1 N–H and O–H groups in total. The smallest absolute Gasteiger partial charge is 0.263 e. The highest BCUT2D eigenvalue weighted by Crippen LogP contribution is 2.32. The van der Waals surface area contributed by atoms with Crippen LogP contribution in [0.4, 0.5) is 5.69 Å². The van der Waals surface area contributed by atoms with Gasteiger partial charge in [-0.1, -0.05) is 48.3 Å². The van der Waals surface area contributed by atoms with Crippen LogP contribution in [-0.4, -0.2) is 15.5 Å². The van der Waals surface area contributed by atoms with Crippen molar-refractivity contribution in [3.8, 4) is 11.1 Å². The molecule has 0 fully saturated rings. The zero-order valence-corrected chi connectivity index (χ0v) is 20.1. The Morgan fingerprint density at radius 3 is 2.62 bits per heavy atom. The van der Waals surface area contributed by atoms with Gasteiger partial charge in [0.15, 0.2) is 0 Å². The third-order valence-electron chi connectivity index (χ3n) is 5.55. The second kappa shape index (κ2) is 9.06. The van der Waals surface area contributed by atoms with Crippen LogP contribution in [0.25, 0.3) is 21.3 Å². The molecule has 0 spiro atoms. The number of aromatic nitrogens is 2. The highest BCUT2D eigenvalue weighted by Gasteiger charge is 2.23. The van der Waals surface area contributed by atoms with Gasteiger partial charge < -0.3 is 5.32 Å². The first-order chi connectivity index (χ1) is 15.3. The standard InChI is InChI=1S/C24H21Cl2N3O2S/c1-4-20(22(30)28-19-8-7-16(25)10-18(19)26)29-12-27-23-21(24(29)31)17(11-32-23)15-6-5-13(2)14(3)9-15/h5-12,20H,4H2,1-3H3,(H,28,30). The van der Waals surface area contributed by atoms with E-state index in [0.717, 1.165) is 16.7 Å². The lowest BCUT2D eigenvalue weighted by Gasteiger charge is -2.18. The van der Waals surface area contributed by atoms with Crippen LogP contribution >= 0.6 is 34.5 Å². The molecule has 1 unspecified atom stereocenters. The van der Waals surface area contributed by atoms with Gasteiger partial charge in [0.1, 0.15) is 10.9 Å². The summed E-state index contributed by atoms with van der Waals surface area (Å²) in [6.07, 6.45) is 1.86. The normalized spacial score (nSPS) is 12.2. The number of benzene rings is 2. The molecule has 0 saturated carbocycles. The van der Waals surface area contributed by atoms with E-state index in [0.29, 0.717) is 32.4 Å². The van der Waals surface area contributed by atoms with Gasteiger partial charge in [0.25, 0.3) is 5.56 Å². The van der Waals surface area contributed by atoms with E-state index in [1.54, 1.807) is 18.2 Å². The first-order valence-electron chi connectivity index (χ1n) is 10.1. The lowest BCUT2D eigenvalue weighted by molar-refractivity contribution is -0.119. The molecule has 5 nitrogen and oxygen atoms in total. The maximum Gasteiger partial charge on any atom is 0.263 e. The number of hydrogen-bond donors (Lipinski definition) is 1. The Labute approximate surface area is 199 Å². The number of halogens is 2. The second-order valence-electron chi connectivity index (χ2n) is 7.62. The van der Waals surface area contributed by atoms with Gasteiger partial charge in [-0.25, -0.2) is 4.98 Å². The maximum absolute atomic E-state index is 13.5. The number of nitrogens with zero attached hydrogens (tertiary/aromatic N) is 2. The molecule has 0 aliphatic carbocycles. The molecule has 0 aliphatic rings. The third-order valence-corrected chi connectivity index (χ3v) is 6.99. The van der Waals surface area contributed by atoms with E-state index in [1.165, 1.54) is 27.8 Å². The van der Waals surface area contributed by atoms with Crippen molar-refractivity contribution < 1.29 is 4.79 Å².